The number of nitrogens with one attached hydrogen (secondary N) is 1. The van der Waals surface area contributed by atoms with E-state index in [1.807, 2.05) is 6.07 Å². The molecule has 0 aliphatic rings. The van der Waals surface area contributed by atoms with Gasteiger partial charge in [-0.05, 0) is 36.8 Å². The van der Waals surface area contributed by atoms with Crippen molar-refractivity contribution in [1.82, 2.24) is 0 Å². The van der Waals surface area contributed by atoms with Crippen LogP contribution in [0.4, 0.5) is 5.69 Å². The van der Waals surface area contributed by atoms with Gasteiger partial charge in [-0.15, -0.1) is 0 Å². The Labute approximate surface area is 138 Å². The third-order valence-corrected chi connectivity index (χ3v) is 3.31. The van der Waals surface area contributed by atoms with Crippen molar-refractivity contribution in [2.45, 2.75) is 6.92 Å². The normalized spacial score (nSPS) is 9.78. The Bertz CT molecular complexity index is 797. The summed E-state index contributed by atoms with van der Waals surface area (Å²) >= 11 is 5.84. The summed E-state index contributed by atoms with van der Waals surface area (Å²) in [5.41, 5.74) is 1.71. The molecule has 0 unspecified atom stereocenters. The van der Waals surface area contributed by atoms with Gasteiger partial charge in [0.25, 0.3) is 5.91 Å². The Balaban J connectivity index is 1.99. The number of hydrogen-bond acceptors (Lipinski definition) is 4. The third-order valence-electron chi connectivity index (χ3n) is 3.08. The van der Waals surface area contributed by atoms with Gasteiger partial charge in [0.15, 0.2) is 6.61 Å². The van der Waals surface area contributed by atoms with Gasteiger partial charge in [0.2, 0.25) is 0 Å². The molecule has 0 saturated heterocycles. The van der Waals surface area contributed by atoms with Crippen LogP contribution in [-0.2, 0) is 9.53 Å². The number of halogens is 1. The maximum absolute atomic E-state index is 11.9. The molecule has 2 rings (SSSR count). The predicted octanol–water partition coefficient (Wildman–Crippen LogP) is 3.32. The number of nitrogens with zero attached hydrogens (tertiary/aromatic N) is 1. The fourth-order valence-corrected chi connectivity index (χ4v) is 2.09. The van der Waals surface area contributed by atoms with Gasteiger partial charge in [0, 0.05) is 5.02 Å². The van der Waals surface area contributed by atoms with Crippen LogP contribution in [0.3, 0.4) is 0 Å². The van der Waals surface area contributed by atoms with Crippen molar-refractivity contribution in [2.24, 2.45) is 0 Å². The smallest absolute Gasteiger partial charge is 0.338 e. The van der Waals surface area contributed by atoms with E-state index in [2.05, 4.69) is 5.32 Å². The number of amides is 1. The van der Waals surface area contributed by atoms with E-state index in [1.165, 1.54) is 12.1 Å². The van der Waals surface area contributed by atoms with Gasteiger partial charge < -0.3 is 10.1 Å². The second-order valence-corrected chi connectivity index (χ2v) is 5.18. The average molecular weight is 329 g/mol. The maximum Gasteiger partial charge on any atom is 0.338 e. The topological polar surface area (TPSA) is 79.2 Å². The third kappa shape index (κ3) is 4.31. The number of carbonyl (C=O) groups excluding carboxylic acids is 2. The summed E-state index contributed by atoms with van der Waals surface area (Å²) in [6.45, 7) is 1.33. The highest BCUT2D eigenvalue weighted by atomic mass is 35.5. The van der Waals surface area contributed by atoms with E-state index in [4.69, 9.17) is 21.6 Å². The Morgan fingerprint density at radius 1 is 1.26 bits per heavy atom. The molecule has 0 aliphatic carbocycles. The molecule has 0 spiro atoms. The minimum Gasteiger partial charge on any atom is -0.452 e. The Kier molecular flexibility index (Phi) is 5.34. The Morgan fingerprint density at radius 2 is 2.00 bits per heavy atom. The summed E-state index contributed by atoms with van der Waals surface area (Å²) < 4.78 is 4.98. The first kappa shape index (κ1) is 16.5. The fraction of sp³-hybridized carbons (Fsp3) is 0.118. The number of nitriles is 1. The summed E-state index contributed by atoms with van der Waals surface area (Å²) in [5.74, 6) is -1.13. The molecule has 0 aromatic heterocycles. The van der Waals surface area contributed by atoms with Gasteiger partial charge in [0.05, 0.1) is 16.8 Å². The van der Waals surface area contributed by atoms with Gasteiger partial charge in [-0.25, -0.2) is 4.79 Å². The molecule has 23 heavy (non-hydrogen) atoms. The Morgan fingerprint density at radius 3 is 2.70 bits per heavy atom. The average Bonchev–Trinajstić information content (AvgIpc) is 2.53. The number of benzene rings is 2. The minimum atomic E-state index is -0.579. The molecule has 0 fully saturated rings. The summed E-state index contributed by atoms with van der Waals surface area (Å²) in [6, 6.07) is 13.4. The first-order chi connectivity index (χ1) is 11.0. The molecule has 0 aliphatic heterocycles. The lowest BCUT2D eigenvalue weighted by molar-refractivity contribution is -0.119. The standard InChI is InChI=1S/C17H13ClN2O3/c1-11-4-2-3-5-14(11)17(22)23-10-16(21)20-15-8-13(18)7-6-12(15)9-19/h2-8H,10H2,1H3,(H,20,21). The van der Waals surface area contributed by atoms with E-state index >= 15 is 0 Å². The lowest BCUT2D eigenvalue weighted by Gasteiger charge is -2.09. The lowest BCUT2D eigenvalue weighted by Crippen LogP contribution is -2.21. The molecule has 0 atom stereocenters. The molecular weight excluding hydrogens is 316 g/mol. The van der Waals surface area contributed by atoms with Crippen LogP contribution in [0.15, 0.2) is 42.5 Å². The van der Waals surface area contributed by atoms with E-state index in [0.29, 0.717) is 10.6 Å². The molecule has 0 radical (unpaired) electrons. The van der Waals surface area contributed by atoms with Crippen LogP contribution in [-0.4, -0.2) is 18.5 Å². The van der Waals surface area contributed by atoms with Gasteiger partial charge >= 0.3 is 5.97 Å². The van der Waals surface area contributed by atoms with Crippen LogP contribution < -0.4 is 5.32 Å². The zero-order chi connectivity index (χ0) is 16.8. The van der Waals surface area contributed by atoms with E-state index < -0.39 is 18.5 Å². The van der Waals surface area contributed by atoms with Crippen molar-refractivity contribution in [3.63, 3.8) is 0 Å². The minimum absolute atomic E-state index is 0.271. The van der Waals surface area contributed by atoms with Crippen LogP contribution in [0, 0.1) is 18.3 Å². The summed E-state index contributed by atoms with van der Waals surface area (Å²) in [6.07, 6.45) is 0. The number of ether oxygens (including phenoxy) is 1. The molecule has 6 heteroatoms. The molecule has 0 heterocycles. The molecular formula is C17H13ClN2O3. The number of esters is 1. The van der Waals surface area contributed by atoms with Crippen LogP contribution in [0.1, 0.15) is 21.5 Å². The van der Waals surface area contributed by atoms with E-state index in [9.17, 15) is 9.59 Å². The largest absolute Gasteiger partial charge is 0.452 e. The summed E-state index contributed by atoms with van der Waals surface area (Å²) in [7, 11) is 0. The van der Waals surface area contributed by atoms with Crippen molar-refractivity contribution < 1.29 is 14.3 Å². The molecule has 0 bridgehead atoms. The highest BCUT2D eigenvalue weighted by molar-refractivity contribution is 6.31. The molecule has 1 N–H and O–H groups in total. The van der Waals surface area contributed by atoms with E-state index in [0.717, 1.165) is 5.56 Å². The van der Waals surface area contributed by atoms with E-state index in [1.54, 1.807) is 37.3 Å². The second kappa shape index (κ2) is 7.43. The zero-order valence-electron chi connectivity index (χ0n) is 12.3. The molecule has 2 aromatic rings. The number of anilines is 1. The van der Waals surface area contributed by atoms with Gasteiger partial charge in [-0.2, -0.15) is 5.26 Å². The highest BCUT2D eigenvalue weighted by Gasteiger charge is 2.13. The highest BCUT2D eigenvalue weighted by Crippen LogP contribution is 2.20. The number of hydrogen-bond donors (Lipinski definition) is 1. The summed E-state index contributed by atoms with van der Waals surface area (Å²) in [4.78, 5) is 23.8. The first-order valence-corrected chi connectivity index (χ1v) is 7.11. The molecule has 5 nitrogen and oxygen atoms in total. The SMILES string of the molecule is Cc1ccccc1C(=O)OCC(=O)Nc1cc(Cl)ccc1C#N. The van der Waals surface area contributed by atoms with Gasteiger partial charge in [-0.1, -0.05) is 29.8 Å². The number of aryl methyl sites for hydroxylation is 1. The van der Waals surface area contributed by atoms with Crippen LogP contribution in [0.2, 0.25) is 5.02 Å². The van der Waals surface area contributed by atoms with Crippen LogP contribution in [0.25, 0.3) is 0 Å². The van der Waals surface area contributed by atoms with Crippen LogP contribution in [0.5, 0.6) is 0 Å². The Hall–Kier alpha value is -2.84. The van der Waals surface area contributed by atoms with Gasteiger partial charge in [0.1, 0.15) is 6.07 Å². The predicted molar refractivity (Wildman–Crippen MR) is 86.3 cm³/mol. The molecule has 2 aromatic carbocycles. The second-order valence-electron chi connectivity index (χ2n) is 4.74. The monoisotopic (exact) mass is 328 g/mol. The van der Waals surface area contributed by atoms with Crippen molar-refractivity contribution >= 4 is 29.2 Å². The van der Waals surface area contributed by atoms with Crippen molar-refractivity contribution in [2.75, 3.05) is 11.9 Å². The zero-order valence-corrected chi connectivity index (χ0v) is 13.1. The van der Waals surface area contributed by atoms with Crippen LogP contribution >= 0.6 is 11.6 Å². The van der Waals surface area contributed by atoms with Crippen molar-refractivity contribution in [1.29, 1.82) is 5.26 Å². The lowest BCUT2D eigenvalue weighted by atomic mass is 10.1. The summed E-state index contributed by atoms with van der Waals surface area (Å²) in [5, 5.41) is 11.9. The van der Waals surface area contributed by atoms with E-state index in [-0.39, 0.29) is 11.3 Å². The molecule has 116 valence electrons. The molecule has 0 saturated carbocycles. The number of carbonyl (C=O) groups is 2. The first-order valence-electron chi connectivity index (χ1n) is 6.73. The fourth-order valence-electron chi connectivity index (χ4n) is 1.91. The van der Waals surface area contributed by atoms with Gasteiger partial charge in [-0.3, -0.25) is 4.79 Å². The van der Waals surface area contributed by atoms with Crippen molar-refractivity contribution in [3.8, 4) is 6.07 Å². The number of rotatable bonds is 4. The van der Waals surface area contributed by atoms with Crippen molar-refractivity contribution in [3.05, 3.63) is 64.2 Å². The molecule has 1 amide bonds. The quantitative estimate of drug-likeness (QED) is 0.873. The maximum atomic E-state index is 11.9.